The zero-order valence-corrected chi connectivity index (χ0v) is 14.6. The number of carbonyl (C=O) groups is 2. The van der Waals surface area contributed by atoms with E-state index in [-0.39, 0.29) is 24.2 Å². The quantitative estimate of drug-likeness (QED) is 0.716. The summed E-state index contributed by atoms with van der Waals surface area (Å²) in [5.74, 6) is -1.05. The number of hydrogen-bond donors (Lipinski definition) is 1. The van der Waals surface area contributed by atoms with Crippen molar-refractivity contribution in [3.05, 3.63) is 71.8 Å². The van der Waals surface area contributed by atoms with Crippen molar-refractivity contribution in [3.8, 4) is 0 Å². The van der Waals surface area contributed by atoms with Gasteiger partial charge in [-0.2, -0.15) is 0 Å². The molecule has 0 radical (unpaired) electrons. The highest BCUT2D eigenvalue weighted by molar-refractivity contribution is 5.90. The Hall–Kier alpha value is -3.28. The lowest BCUT2D eigenvalue weighted by molar-refractivity contribution is -0.124. The zero-order valence-electron chi connectivity index (χ0n) is 14.6. The summed E-state index contributed by atoms with van der Waals surface area (Å²) in [5, 5.41) is 5.04. The van der Waals surface area contributed by atoms with Gasteiger partial charge in [0.1, 0.15) is 0 Å². The van der Waals surface area contributed by atoms with Gasteiger partial charge in [0.15, 0.2) is 12.3 Å². The molecule has 0 fully saturated rings. The van der Waals surface area contributed by atoms with Gasteiger partial charge in [-0.15, -0.1) is 0 Å². The van der Waals surface area contributed by atoms with Crippen molar-refractivity contribution in [2.45, 2.75) is 19.9 Å². The van der Waals surface area contributed by atoms with E-state index in [4.69, 9.17) is 4.74 Å². The van der Waals surface area contributed by atoms with Gasteiger partial charge in [-0.3, -0.25) is 9.78 Å². The average molecular weight is 349 g/mol. The summed E-state index contributed by atoms with van der Waals surface area (Å²) in [4.78, 5) is 31.9. The molecule has 0 saturated heterocycles. The Morgan fingerprint density at radius 2 is 1.85 bits per heavy atom. The van der Waals surface area contributed by atoms with Gasteiger partial charge in [-0.05, 0) is 30.2 Å². The van der Waals surface area contributed by atoms with Crippen LogP contribution < -0.4 is 5.32 Å². The van der Waals surface area contributed by atoms with Crippen LogP contribution in [-0.2, 0) is 9.53 Å². The number of benzene rings is 2. The van der Waals surface area contributed by atoms with Gasteiger partial charge in [0.2, 0.25) is 0 Å². The summed E-state index contributed by atoms with van der Waals surface area (Å²) < 4.78 is 5.00. The molecule has 3 rings (SSSR count). The van der Waals surface area contributed by atoms with Gasteiger partial charge < -0.3 is 10.1 Å². The molecule has 1 aromatic heterocycles. The number of nitrogens with zero attached hydrogens (tertiary/aromatic N) is 2. The van der Waals surface area contributed by atoms with E-state index >= 15 is 0 Å². The van der Waals surface area contributed by atoms with Crippen LogP contribution in [0, 0.1) is 6.92 Å². The van der Waals surface area contributed by atoms with Crippen LogP contribution in [0.25, 0.3) is 10.8 Å². The van der Waals surface area contributed by atoms with Crippen LogP contribution in [-0.4, -0.2) is 28.5 Å². The maximum Gasteiger partial charge on any atom is 0.359 e. The largest absolute Gasteiger partial charge is 0.451 e. The number of nitrogens with one attached hydrogen (secondary N) is 1. The molecule has 3 aromatic rings. The SMILES string of the molecule is Cc1cnc(C(=O)OCC(=O)N[C@@H](C)c2cccc3ccccc23)cn1. The Kier molecular flexibility index (Phi) is 5.22. The fourth-order valence-electron chi connectivity index (χ4n) is 2.69. The lowest BCUT2D eigenvalue weighted by Gasteiger charge is -2.16. The molecule has 0 aliphatic rings. The van der Waals surface area contributed by atoms with Crippen LogP contribution >= 0.6 is 0 Å². The average Bonchev–Trinajstić information content (AvgIpc) is 2.66. The molecule has 0 unspecified atom stereocenters. The van der Waals surface area contributed by atoms with Crippen LogP contribution in [0.4, 0.5) is 0 Å². The molecular formula is C20H19N3O3. The maximum absolute atomic E-state index is 12.1. The summed E-state index contributed by atoms with van der Waals surface area (Å²) in [6, 6.07) is 13.7. The van der Waals surface area contributed by atoms with Crippen molar-refractivity contribution >= 4 is 22.6 Å². The minimum Gasteiger partial charge on any atom is -0.451 e. The smallest absolute Gasteiger partial charge is 0.359 e. The van der Waals surface area contributed by atoms with Gasteiger partial charge in [-0.25, -0.2) is 9.78 Å². The minimum atomic E-state index is -0.675. The first-order chi connectivity index (χ1) is 12.5. The monoisotopic (exact) mass is 349 g/mol. The Balaban J connectivity index is 1.60. The molecule has 2 aromatic carbocycles. The highest BCUT2D eigenvalue weighted by Gasteiger charge is 2.15. The second kappa shape index (κ2) is 7.74. The predicted octanol–water partition coefficient (Wildman–Crippen LogP) is 2.97. The third-order valence-corrected chi connectivity index (χ3v) is 3.99. The van der Waals surface area contributed by atoms with Crippen LogP contribution in [0.15, 0.2) is 54.9 Å². The predicted molar refractivity (Wildman–Crippen MR) is 97.6 cm³/mol. The number of aryl methyl sites for hydroxylation is 1. The molecule has 0 aliphatic carbocycles. The first-order valence-corrected chi connectivity index (χ1v) is 8.27. The molecule has 1 heterocycles. The molecule has 1 amide bonds. The number of amides is 1. The summed E-state index contributed by atoms with van der Waals surface area (Å²) in [7, 11) is 0. The van der Waals surface area contributed by atoms with Gasteiger partial charge in [-0.1, -0.05) is 42.5 Å². The Bertz CT molecular complexity index is 933. The summed E-state index contributed by atoms with van der Waals surface area (Å²) in [6.07, 6.45) is 2.80. The van der Waals surface area contributed by atoms with Gasteiger partial charge in [0, 0.05) is 6.20 Å². The number of hydrogen-bond acceptors (Lipinski definition) is 5. The van der Waals surface area contributed by atoms with Crippen LogP contribution in [0.2, 0.25) is 0 Å². The maximum atomic E-state index is 12.1. The van der Waals surface area contributed by atoms with Crippen molar-refractivity contribution in [1.82, 2.24) is 15.3 Å². The van der Waals surface area contributed by atoms with Crippen molar-refractivity contribution in [2.75, 3.05) is 6.61 Å². The molecular weight excluding hydrogens is 330 g/mol. The van der Waals surface area contributed by atoms with E-state index in [1.165, 1.54) is 12.4 Å². The molecule has 26 heavy (non-hydrogen) atoms. The number of esters is 1. The summed E-state index contributed by atoms with van der Waals surface area (Å²) >= 11 is 0. The van der Waals surface area contributed by atoms with E-state index in [0.717, 1.165) is 16.3 Å². The van der Waals surface area contributed by atoms with E-state index < -0.39 is 5.97 Å². The fourth-order valence-corrected chi connectivity index (χ4v) is 2.69. The first-order valence-electron chi connectivity index (χ1n) is 8.27. The third kappa shape index (κ3) is 4.03. The standard InChI is InChI=1S/C20H19N3O3/c1-13-10-22-18(11-21-13)20(25)26-12-19(24)23-14(2)16-9-5-7-15-6-3-4-8-17(15)16/h3-11,14H,12H2,1-2H3,(H,23,24)/t14-/m0/s1. The Morgan fingerprint density at radius 3 is 2.62 bits per heavy atom. The summed E-state index contributed by atoms with van der Waals surface area (Å²) in [5.41, 5.74) is 1.78. The normalized spacial score (nSPS) is 11.8. The molecule has 1 N–H and O–H groups in total. The van der Waals surface area contributed by atoms with Crippen molar-refractivity contribution in [2.24, 2.45) is 0 Å². The molecule has 0 bridgehead atoms. The minimum absolute atomic E-state index is 0.0745. The van der Waals surface area contributed by atoms with Crippen molar-refractivity contribution in [1.29, 1.82) is 0 Å². The second-order valence-corrected chi connectivity index (χ2v) is 5.98. The number of aromatic nitrogens is 2. The second-order valence-electron chi connectivity index (χ2n) is 5.98. The number of rotatable bonds is 5. The van der Waals surface area contributed by atoms with Crippen LogP contribution in [0.3, 0.4) is 0 Å². The van der Waals surface area contributed by atoms with Crippen LogP contribution in [0.1, 0.15) is 34.7 Å². The van der Waals surface area contributed by atoms with Crippen LogP contribution in [0.5, 0.6) is 0 Å². The topological polar surface area (TPSA) is 81.2 Å². The van der Waals surface area contributed by atoms with E-state index in [1.807, 2.05) is 49.4 Å². The first kappa shape index (κ1) is 17.5. The lowest BCUT2D eigenvalue weighted by Crippen LogP contribution is -2.31. The number of carbonyl (C=O) groups excluding carboxylic acids is 2. The molecule has 6 heteroatoms. The Labute approximate surface area is 151 Å². The molecule has 1 atom stereocenters. The van der Waals surface area contributed by atoms with E-state index in [0.29, 0.717) is 5.69 Å². The van der Waals surface area contributed by atoms with E-state index in [2.05, 4.69) is 15.3 Å². The molecule has 0 saturated carbocycles. The highest BCUT2D eigenvalue weighted by atomic mass is 16.5. The lowest BCUT2D eigenvalue weighted by atomic mass is 10.00. The van der Waals surface area contributed by atoms with Gasteiger partial charge in [0.25, 0.3) is 5.91 Å². The number of fused-ring (bicyclic) bond motifs is 1. The van der Waals surface area contributed by atoms with Crippen molar-refractivity contribution in [3.63, 3.8) is 0 Å². The highest BCUT2D eigenvalue weighted by Crippen LogP contribution is 2.23. The van der Waals surface area contributed by atoms with E-state index in [9.17, 15) is 9.59 Å². The zero-order chi connectivity index (χ0) is 18.5. The fraction of sp³-hybridized carbons (Fsp3) is 0.200. The summed E-state index contributed by atoms with van der Waals surface area (Å²) in [6.45, 7) is 3.29. The van der Waals surface area contributed by atoms with E-state index in [1.54, 1.807) is 6.92 Å². The molecule has 6 nitrogen and oxygen atoms in total. The van der Waals surface area contributed by atoms with Gasteiger partial charge in [0.05, 0.1) is 17.9 Å². The van der Waals surface area contributed by atoms with Crippen molar-refractivity contribution < 1.29 is 14.3 Å². The number of ether oxygens (including phenoxy) is 1. The molecule has 0 aliphatic heterocycles. The molecule has 132 valence electrons. The molecule has 0 spiro atoms. The van der Waals surface area contributed by atoms with Gasteiger partial charge >= 0.3 is 5.97 Å². The Morgan fingerprint density at radius 1 is 1.08 bits per heavy atom. The third-order valence-electron chi connectivity index (χ3n) is 3.99.